The van der Waals surface area contributed by atoms with E-state index >= 15 is 0 Å². The van der Waals surface area contributed by atoms with Crippen LogP contribution in [0.5, 0.6) is 0 Å². The number of nitrogens with one attached hydrogen (secondary N) is 4. The molecular weight excluding hydrogens is 1110 g/mol. The number of anilines is 1. The van der Waals surface area contributed by atoms with E-state index in [-0.39, 0.29) is 36.3 Å². The zero-order valence-corrected chi connectivity index (χ0v) is 50.5. The minimum atomic E-state index is -0.116. The average molecular weight is 1190 g/mol. The molecule has 6 aromatic carbocycles. The number of ketones is 2. The lowest BCUT2D eigenvalue weighted by Gasteiger charge is -2.23. The molecule has 0 bridgehead atoms. The number of carbonyl (C=O) groups is 2. The molecule has 0 radical (unpaired) electrons. The number of hydrazine groups is 1. The molecule has 82 heavy (non-hydrogen) atoms. The zero-order valence-electron chi connectivity index (χ0n) is 47.5. The molecule has 12 nitrogen and oxygen atoms in total. The van der Waals surface area contributed by atoms with Crippen LogP contribution in [0.3, 0.4) is 0 Å². The van der Waals surface area contributed by atoms with Crippen LogP contribution in [0.1, 0.15) is 99.3 Å². The van der Waals surface area contributed by atoms with Gasteiger partial charge >= 0.3 is 0 Å². The van der Waals surface area contributed by atoms with Gasteiger partial charge < -0.3 is 26.3 Å². The summed E-state index contributed by atoms with van der Waals surface area (Å²) in [7, 11) is 0. The lowest BCUT2D eigenvalue weighted by molar-refractivity contribution is -0.122. The topological polar surface area (TPSA) is 147 Å². The van der Waals surface area contributed by atoms with Gasteiger partial charge in [-0.3, -0.25) is 15.4 Å². The number of nitrogen functional groups attached to an aromatic ring is 1. The lowest BCUT2D eigenvalue weighted by atomic mass is 9.90. The summed E-state index contributed by atoms with van der Waals surface area (Å²) in [5, 5.41) is 22.0. The van der Waals surface area contributed by atoms with Crippen LogP contribution in [0.15, 0.2) is 176 Å². The Morgan fingerprint density at radius 1 is 0.549 bits per heavy atom. The number of piperidine rings is 3. The van der Waals surface area contributed by atoms with Crippen molar-refractivity contribution in [3.8, 4) is 33.9 Å². The van der Waals surface area contributed by atoms with E-state index in [1.807, 2.05) is 91.0 Å². The second-order valence-electron chi connectivity index (χ2n) is 20.2. The Labute approximate surface area is 506 Å². The molecule has 0 saturated carbocycles. The van der Waals surface area contributed by atoms with E-state index in [1.54, 1.807) is 24.3 Å². The molecule has 2 aromatic heterocycles. The normalized spacial score (nSPS) is 14.4. The van der Waals surface area contributed by atoms with Gasteiger partial charge in [-0.2, -0.15) is 10.2 Å². The van der Waals surface area contributed by atoms with Crippen LogP contribution < -0.4 is 27.2 Å². The molecule has 11 rings (SSSR count). The van der Waals surface area contributed by atoms with Crippen molar-refractivity contribution in [2.45, 2.75) is 77.6 Å². The summed E-state index contributed by atoms with van der Waals surface area (Å²) in [5.74, 6) is 6.17. The number of halogens is 4. The highest BCUT2D eigenvalue weighted by Crippen LogP contribution is 2.33. The van der Waals surface area contributed by atoms with Crippen molar-refractivity contribution < 1.29 is 9.59 Å². The number of rotatable bonds is 14. The summed E-state index contributed by atoms with van der Waals surface area (Å²) in [5.41, 5.74) is 13.1. The van der Waals surface area contributed by atoms with Crippen molar-refractivity contribution in [3.05, 3.63) is 208 Å². The van der Waals surface area contributed by atoms with Crippen molar-refractivity contribution in [2.24, 2.45) is 11.8 Å². The number of benzene rings is 6. The van der Waals surface area contributed by atoms with Crippen LogP contribution in [-0.2, 0) is 4.79 Å². The first kappa shape index (κ1) is 65.0. The fraction of sp³-hybridized carbons (Fsp3) is 0.333. The molecule has 3 saturated heterocycles. The van der Waals surface area contributed by atoms with Gasteiger partial charge in [0, 0.05) is 60.9 Å². The number of hydrogen-bond donors (Lipinski definition) is 5. The van der Waals surface area contributed by atoms with Gasteiger partial charge in [0.05, 0.1) is 34.9 Å². The van der Waals surface area contributed by atoms with Gasteiger partial charge in [-0.25, -0.2) is 9.36 Å². The van der Waals surface area contributed by atoms with Crippen molar-refractivity contribution in [2.75, 3.05) is 64.3 Å². The summed E-state index contributed by atoms with van der Waals surface area (Å²) in [6.07, 6.45) is 6.28. The van der Waals surface area contributed by atoms with E-state index in [0.717, 1.165) is 127 Å². The van der Waals surface area contributed by atoms with Crippen LogP contribution in [0.4, 0.5) is 5.69 Å². The van der Waals surface area contributed by atoms with Crippen LogP contribution in [0.25, 0.3) is 33.9 Å². The first-order valence-corrected chi connectivity index (χ1v) is 29.7. The number of nitrogens with two attached hydrogens (primary N) is 1. The summed E-state index contributed by atoms with van der Waals surface area (Å²) in [6.45, 7) is 16.1. The molecule has 8 aromatic rings. The first-order chi connectivity index (χ1) is 39.6. The molecule has 16 heteroatoms. The summed E-state index contributed by atoms with van der Waals surface area (Å²) < 4.78 is 4.17. The van der Waals surface area contributed by atoms with Crippen molar-refractivity contribution in [3.63, 3.8) is 0 Å². The van der Waals surface area contributed by atoms with E-state index in [1.165, 1.54) is 31.0 Å². The number of Topliss-reactive ketones (excluding diaryl/α,β-unsaturated/α-hetero) is 2. The second-order valence-corrected chi connectivity index (χ2v) is 21.5. The van der Waals surface area contributed by atoms with Gasteiger partial charge in [0.2, 0.25) is 0 Å². The molecule has 0 atom stereocenters. The molecule has 3 aliphatic heterocycles. The highest BCUT2D eigenvalue weighted by atomic mass is 35.5. The van der Waals surface area contributed by atoms with Crippen LogP contribution in [0, 0.1) is 5.92 Å². The van der Waals surface area contributed by atoms with Crippen LogP contribution >= 0.6 is 47.2 Å². The second kappa shape index (κ2) is 35.1. The molecule has 3 aliphatic rings. The van der Waals surface area contributed by atoms with Crippen molar-refractivity contribution >= 4 is 64.5 Å². The summed E-state index contributed by atoms with van der Waals surface area (Å²) in [6, 6.07) is 57.4. The monoisotopic (exact) mass is 1180 g/mol. The van der Waals surface area contributed by atoms with E-state index in [0.29, 0.717) is 22.4 Å². The van der Waals surface area contributed by atoms with Gasteiger partial charge in [-0.1, -0.05) is 134 Å². The molecule has 6 N–H and O–H groups in total. The van der Waals surface area contributed by atoms with E-state index in [9.17, 15) is 9.59 Å². The van der Waals surface area contributed by atoms with Gasteiger partial charge in [-0.15, -0.1) is 12.4 Å². The predicted octanol–water partition coefficient (Wildman–Crippen LogP) is 14.5. The smallest absolute Gasteiger partial charge is 0.170 e. The Bertz CT molecular complexity index is 3060. The molecule has 3 fully saturated rings. The number of nitrogens with zero attached hydrogens (tertiary/aromatic N) is 5. The third-order valence-electron chi connectivity index (χ3n) is 14.8. The highest BCUT2D eigenvalue weighted by Gasteiger charge is 2.25. The Kier molecular flexibility index (Phi) is 27.8. The third kappa shape index (κ3) is 20.0. The van der Waals surface area contributed by atoms with Gasteiger partial charge in [0.1, 0.15) is 5.78 Å². The largest absolute Gasteiger partial charge is 0.324 e. The number of aromatic nitrogens is 4. The molecule has 0 aliphatic carbocycles. The van der Waals surface area contributed by atoms with Crippen molar-refractivity contribution in [1.29, 1.82) is 0 Å². The minimum absolute atomic E-state index is 0. The van der Waals surface area contributed by atoms with Crippen molar-refractivity contribution in [1.82, 2.24) is 40.4 Å². The molecular formula is C66H80Cl4N10O2. The average Bonchev–Trinajstić information content (AvgIpc) is 4.41. The SMILES string of the molecule is CCN(CC)CC.Cl.Clc1ccc(-c2cc(C3CCNCC3)n(-c3ccccc3)n2)cc1.Clc1ccc(-c2cc(C3CCNCC3)nn2-c2ccccc2)cc1.NNc1ccccc1.O=C(CC(=O)C1CCNCC1)c1ccc(Cl)cc1. The van der Waals surface area contributed by atoms with E-state index < -0.39 is 0 Å². The molecule has 5 heterocycles. The standard InChI is InChI=1S/2C20H20ClN3.C14H16ClNO2.C6H8N2.C6H15N.ClH/c21-17-8-6-16(7-9-17)20-14-19(15-10-12-22-13-11-15)23-24(20)18-4-2-1-3-5-18;21-17-8-6-15(7-9-17)19-14-20(16-10-12-22-13-11-16)24(23-19)18-4-2-1-3-5-18;15-12-3-1-10(2-4-12)13(17)9-14(18)11-5-7-16-8-6-11;7-8-6-4-2-1-3-5-6;1-4-7(5-2)6-3;/h1-9,14-15,22H,10-13H2;1-9,14,16,22H,10-13H2;1-4,11,16H,5-9H2;1-5,8H,7H2;4-6H2,1-3H3;1H. The molecule has 0 spiro atoms. The van der Waals surface area contributed by atoms with Gasteiger partial charge in [0.25, 0.3) is 0 Å². The Hall–Kier alpha value is -6.16. The maximum absolute atomic E-state index is 12.0. The fourth-order valence-corrected chi connectivity index (χ4v) is 10.4. The van der Waals surface area contributed by atoms with E-state index in [4.69, 9.17) is 50.8 Å². The van der Waals surface area contributed by atoms with Crippen LogP contribution in [0.2, 0.25) is 15.1 Å². The van der Waals surface area contributed by atoms with Gasteiger partial charge in [0.15, 0.2) is 5.78 Å². The van der Waals surface area contributed by atoms with Crippen LogP contribution in [-0.4, -0.2) is 94.9 Å². The Balaban J connectivity index is 0.000000176. The zero-order chi connectivity index (χ0) is 57.2. The maximum Gasteiger partial charge on any atom is 0.170 e. The van der Waals surface area contributed by atoms with E-state index in [2.05, 4.69) is 117 Å². The van der Waals surface area contributed by atoms with Gasteiger partial charge in [-0.05, 0) is 194 Å². The predicted molar refractivity (Wildman–Crippen MR) is 344 cm³/mol. The maximum atomic E-state index is 12.0. The minimum Gasteiger partial charge on any atom is -0.324 e. The number of carbonyl (C=O) groups excluding carboxylic acids is 2. The quantitative estimate of drug-likeness (QED) is 0.0309. The molecule has 434 valence electrons. The lowest BCUT2D eigenvalue weighted by Crippen LogP contribution is -2.32. The number of hydrogen-bond acceptors (Lipinski definition) is 10. The molecule has 0 unspecified atom stereocenters. The third-order valence-corrected chi connectivity index (χ3v) is 15.6. The summed E-state index contributed by atoms with van der Waals surface area (Å²) in [4.78, 5) is 26.3. The summed E-state index contributed by atoms with van der Waals surface area (Å²) >= 11 is 17.8. The Morgan fingerprint density at radius 2 is 0.988 bits per heavy atom. The fourth-order valence-electron chi connectivity index (χ4n) is 10.0. The Morgan fingerprint density at radius 3 is 1.45 bits per heavy atom. The number of para-hydroxylation sites is 3. The molecule has 0 amide bonds. The first-order valence-electron chi connectivity index (χ1n) is 28.6. The highest BCUT2D eigenvalue weighted by molar-refractivity contribution is 6.31.